The smallest absolute Gasteiger partial charge is 0.329 e. The molecule has 10 nitrogen and oxygen atoms in total. The van der Waals surface area contributed by atoms with Crippen LogP contribution in [0.1, 0.15) is 20.3 Å². The molecule has 0 aliphatic carbocycles. The van der Waals surface area contributed by atoms with Gasteiger partial charge in [-0.25, -0.2) is 10.8 Å². The van der Waals surface area contributed by atoms with Crippen LogP contribution in [0.2, 0.25) is 0 Å². The highest BCUT2D eigenvalue weighted by molar-refractivity contribution is 5.76. The lowest BCUT2D eigenvalue weighted by Gasteiger charge is -2.09. The third kappa shape index (κ3) is 5.57. The molecule has 0 saturated heterocycles. The number of carbonyl (C=O) groups is 1. The lowest BCUT2D eigenvalue weighted by atomic mass is 10.2. The minimum Gasteiger partial charge on any atom is -0.364 e. The molecular weight excluding hydrogens is 278 g/mol. The number of nitrogens with zero attached hydrogens (tertiary/aromatic N) is 3. The van der Waals surface area contributed by atoms with Crippen LogP contribution in [0.3, 0.4) is 0 Å². The van der Waals surface area contributed by atoms with Crippen molar-refractivity contribution >= 4 is 23.4 Å². The number of rotatable bonds is 8. The zero-order chi connectivity index (χ0) is 15.8. The molecule has 0 aliphatic rings. The Bertz CT molecular complexity index is 507. The molecule has 5 N–H and O–H groups in total. The Morgan fingerprint density at radius 3 is 2.81 bits per heavy atom. The summed E-state index contributed by atoms with van der Waals surface area (Å²) in [5.41, 5.74) is 1.92. The standard InChI is InChI=1S/C11H19N7O3/c1-7(2)5-14-9(19)3-4-13-10-8(18(20)21)6-15-11(16-10)17-12/h6-7H,3-5,12H2,1-2H3,(H,14,19)(H2,13,15,16,17). The molecule has 0 radical (unpaired) electrons. The van der Waals surface area contributed by atoms with Crippen molar-refractivity contribution in [1.29, 1.82) is 0 Å². The second-order valence-corrected chi connectivity index (χ2v) is 4.70. The van der Waals surface area contributed by atoms with Crippen molar-refractivity contribution in [2.24, 2.45) is 11.8 Å². The van der Waals surface area contributed by atoms with Gasteiger partial charge in [-0.1, -0.05) is 13.8 Å². The third-order valence-electron chi connectivity index (χ3n) is 2.45. The summed E-state index contributed by atoms with van der Waals surface area (Å²) in [7, 11) is 0. The van der Waals surface area contributed by atoms with Gasteiger partial charge >= 0.3 is 5.69 Å². The number of carbonyl (C=O) groups excluding carboxylic acids is 1. The topological polar surface area (TPSA) is 148 Å². The first-order chi connectivity index (χ1) is 9.93. The van der Waals surface area contributed by atoms with Crippen molar-refractivity contribution in [1.82, 2.24) is 15.3 Å². The van der Waals surface area contributed by atoms with E-state index in [1.807, 2.05) is 13.8 Å². The van der Waals surface area contributed by atoms with Gasteiger partial charge in [-0.05, 0) is 5.92 Å². The number of hydrogen-bond acceptors (Lipinski definition) is 8. The molecule has 1 heterocycles. The summed E-state index contributed by atoms with van der Waals surface area (Å²) in [6, 6.07) is 0. The molecule has 1 aromatic heterocycles. The fourth-order valence-electron chi connectivity index (χ4n) is 1.41. The van der Waals surface area contributed by atoms with Crippen molar-refractivity contribution < 1.29 is 9.72 Å². The van der Waals surface area contributed by atoms with Gasteiger partial charge in [0.05, 0.1) is 4.92 Å². The summed E-state index contributed by atoms with van der Waals surface area (Å²) in [5.74, 6) is 5.44. The van der Waals surface area contributed by atoms with E-state index >= 15 is 0 Å². The summed E-state index contributed by atoms with van der Waals surface area (Å²) in [6.45, 7) is 4.79. The second-order valence-electron chi connectivity index (χ2n) is 4.70. The van der Waals surface area contributed by atoms with Crippen LogP contribution in [-0.2, 0) is 4.79 Å². The van der Waals surface area contributed by atoms with Gasteiger partial charge in [0.1, 0.15) is 6.20 Å². The van der Waals surface area contributed by atoms with Crippen LogP contribution < -0.4 is 21.9 Å². The van der Waals surface area contributed by atoms with Gasteiger partial charge in [0.15, 0.2) is 0 Å². The van der Waals surface area contributed by atoms with Crippen molar-refractivity contribution in [3.63, 3.8) is 0 Å². The number of aromatic nitrogens is 2. The van der Waals surface area contributed by atoms with Crippen LogP contribution in [0.15, 0.2) is 6.20 Å². The van der Waals surface area contributed by atoms with Crippen LogP contribution in [0, 0.1) is 16.0 Å². The van der Waals surface area contributed by atoms with Crippen LogP contribution in [0.4, 0.5) is 17.5 Å². The van der Waals surface area contributed by atoms with Gasteiger partial charge in [-0.2, -0.15) is 4.98 Å². The molecule has 0 aromatic carbocycles. The van der Waals surface area contributed by atoms with Crippen LogP contribution in [0.5, 0.6) is 0 Å². The molecular formula is C11H19N7O3. The fraction of sp³-hybridized carbons (Fsp3) is 0.545. The molecule has 0 bridgehead atoms. The lowest BCUT2D eigenvalue weighted by Crippen LogP contribution is -2.28. The highest BCUT2D eigenvalue weighted by Crippen LogP contribution is 2.21. The number of nitrogen functional groups attached to an aromatic ring is 1. The first-order valence-electron chi connectivity index (χ1n) is 6.42. The number of nitrogens with two attached hydrogens (primary N) is 1. The maximum absolute atomic E-state index is 11.5. The van der Waals surface area contributed by atoms with Gasteiger partial charge in [0.2, 0.25) is 17.7 Å². The van der Waals surface area contributed by atoms with E-state index in [9.17, 15) is 14.9 Å². The molecule has 0 spiro atoms. The monoisotopic (exact) mass is 297 g/mol. The van der Waals surface area contributed by atoms with Gasteiger partial charge in [-0.15, -0.1) is 0 Å². The number of nitro groups is 1. The fourth-order valence-corrected chi connectivity index (χ4v) is 1.41. The number of anilines is 2. The normalized spacial score (nSPS) is 10.3. The number of hydrogen-bond donors (Lipinski definition) is 4. The summed E-state index contributed by atoms with van der Waals surface area (Å²) < 4.78 is 0. The lowest BCUT2D eigenvalue weighted by molar-refractivity contribution is -0.384. The Kier molecular flexibility index (Phi) is 6.27. The van der Waals surface area contributed by atoms with Crippen LogP contribution >= 0.6 is 0 Å². The minimum atomic E-state index is -0.610. The SMILES string of the molecule is CC(C)CNC(=O)CCNc1nc(NN)ncc1[N+](=O)[O-]. The van der Waals surface area contributed by atoms with Crippen LogP contribution in [-0.4, -0.2) is 33.9 Å². The summed E-state index contributed by atoms with van der Waals surface area (Å²) in [6.07, 6.45) is 1.22. The van der Waals surface area contributed by atoms with Crippen molar-refractivity contribution in [3.8, 4) is 0 Å². The van der Waals surface area contributed by atoms with E-state index in [1.54, 1.807) is 0 Å². The Labute approximate surface area is 121 Å². The highest BCUT2D eigenvalue weighted by atomic mass is 16.6. The molecule has 0 unspecified atom stereocenters. The largest absolute Gasteiger partial charge is 0.364 e. The van der Waals surface area contributed by atoms with E-state index in [4.69, 9.17) is 5.84 Å². The maximum Gasteiger partial charge on any atom is 0.329 e. The molecule has 21 heavy (non-hydrogen) atoms. The average molecular weight is 297 g/mol. The van der Waals surface area contributed by atoms with E-state index in [0.717, 1.165) is 6.20 Å². The van der Waals surface area contributed by atoms with E-state index in [1.165, 1.54) is 0 Å². The molecule has 1 rings (SSSR count). The van der Waals surface area contributed by atoms with E-state index in [0.29, 0.717) is 12.5 Å². The first-order valence-corrected chi connectivity index (χ1v) is 6.42. The number of hydrazine groups is 1. The van der Waals surface area contributed by atoms with Crippen molar-refractivity contribution in [2.45, 2.75) is 20.3 Å². The van der Waals surface area contributed by atoms with Gasteiger partial charge in [-0.3, -0.25) is 20.3 Å². The van der Waals surface area contributed by atoms with Gasteiger partial charge in [0.25, 0.3) is 0 Å². The third-order valence-corrected chi connectivity index (χ3v) is 2.45. The Balaban J connectivity index is 2.57. The van der Waals surface area contributed by atoms with Crippen molar-refractivity contribution in [3.05, 3.63) is 16.3 Å². The zero-order valence-electron chi connectivity index (χ0n) is 11.9. The molecule has 0 fully saturated rings. The zero-order valence-corrected chi connectivity index (χ0v) is 11.9. The first kappa shape index (κ1) is 16.6. The predicted octanol–water partition coefficient (Wildman–Crippen LogP) is 0.245. The maximum atomic E-state index is 11.5. The number of nitrogens with one attached hydrogen (secondary N) is 3. The van der Waals surface area contributed by atoms with Crippen LogP contribution in [0.25, 0.3) is 0 Å². The Morgan fingerprint density at radius 1 is 1.52 bits per heavy atom. The average Bonchev–Trinajstić information content (AvgIpc) is 2.44. The molecule has 0 aliphatic heterocycles. The molecule has 0 saturated carbocycles. The van der Waals surface area contributed by atoms with Crippen molar-refractivity contribution in [2.75, 3.05) is 23.8 Å². The quantitative estimate of drug-likeness (QED) is 0.303. The summed E-state index contributed by atoms with van der Waals surface area (Å²) >= 11 is 0. The molecule has 1 aromatic rings. The molecule has 1 amide bonds. The van der Waals surface area contributed by atoms with E-state index < -0.39 is 4.92 Å². The Hall–Kier alpha value is -2.49. The molecule has 0 atom stereocenters. The van der Waals surface area contributed by atoms with E-state index in [2.05, 4.69) is 26.0 Å². The van der Waals surface area contributed by atoms with Gasteiger partial charge in [0, 0.05) is 19.5 Å². The Morgan fingerprint density at radius 2 is 2.24 bits per heavy atom. The molecule has 10 heteroatoms. The highest BCUT2D eigenvalue weighted by Gasteiger charge is 2.17. The number of amides is 1. The summed E-state index contributed by atoms with van der Waals surface area (Å²) in [5, 5.41) is 16.3. The summed E-state index contributed by atoms with van der Waals surface area (Å²) in [4.78, 5) is 29.3. The second kappa shape index (κ2) is 7.94. The minimum absolute atomic E-state index is 0.0135. The van der Waals surface area contributed by atoms with Gasteiger partial charge < -0.3 is 10.6 Å². The molecule has 116 valence electrons. The predicted molar refractivity (Wildman–Crippen MR) is 77.5 cm³/mol. The van der Waals surface area contributed by atoms with E-state index in [-0.39, 0.29) is 36.3 Å².